The second kappa shape index (κ2) is 13.0. The number of piperidine rings is 1. The Morgan fingerprint density at radius 1 is 1.07 bits per heavy atom. The lowest BCUT2D eigenvalue weighted by atomic mass is 9.99. The van der Waals surface area contributed by atoms with Crippen LogP contribution < -0.4 is 10.6 Å². The van der Waals surface area contributed by atoms with Gasteiger partial charge < -0.3 is 20.4 Å². The minimum Gasteiger partial charge on any atom is -0.357 e. The summed E-state index contributed by atoms with van der Waals surface area (Å²) < 4.78 is 0. The van der Waals surface area contributed by atoms with Crippen LogP contribution in [0.2, 0.25) is 0 Å². The first-order valence-corrected chi connectivity index (χ1v) is 11.2. The number of likely N-dealkylation sites (tertiary alicyclic amines) is 2. The highest BCUT2D eigenvalue weighted by molar-refractivity contribution is 5.79. The molecule has 27 heavy (non-hydrogen) atoms. The van der Waals surface area contributed by atoms with Gasteiger partial charge in [0.05, 0.1) is 0 Å². The highest BCUT2D eigenvalue weighted by atomic mass is 16.2. The minimum absolute atomic E-state index is 0.327. The van der Waals surface area contributed by atoms with Crippen LogP contribution in [0.3, 0.4) is 0 Å². The zero-order valence-electron chi connectivity index (χ0n) is 17.6. The monoisotopic (exact) mass is 379 g/mol. The Bertz CT molecular complexity index is 446. The van der Waals surface area contributed by atoms with E-state index in [2.05, 4.69) is 34.4 Å². The summed E-state index contributed by atoms with van der Waals surface area (Å²) in [6.45, 7) is 12.5. The normalized spacial score (nSPS) is 20.6. The largest absolute Gasteiger partial charge is 0.357 e. The molecule has 0 aliphatic carbocycles. The number of guanidine groups is 1. The summed E-state index contributed by atoms with van der Waals surface area (Å²) in [5, 5.41) is 6.79. The standard InChI is InChI=1S/C21H41N5O/c1-3-22-21(23-12-7-14-25-17-10-19(2)11-18-25)24-13-8-16-26-15-6-4-5-9-20(26)27/h19H,3-18H2,1-2H3,(H2,22,23,24). The Kier molecular flexibility index (Phi) is 10.6. The predicted molar refractivity (Wildman–Crippen MR) is 113 cm³/mol. The molecule has 0 radical (unpaired) electrons. The number of rotatable bonds is 9. The van der Waals surface area contributed by atoms with Gasteiger partial charge in [-0.15, -0.1) is 0 Å². The molecule has 0 aromatic heterocycles. The van der Waals surface area contributed by atoms with Crippen molar-refractivity contribution in [3.05, 3.63) is 0 Å². The molecule has 0 saturated carbocycles. The fourth-order valence-corrected chi connectivity index (χ4v) is 3.86. The molecule has 0 unspecified atom stereocenters. The van der Waals surface area contributed by atoms with Crippen molar-refractivity contribution >= 4 is 11.9 Å². The third kappa shape index (κ3) is 8.96. The fourth-order valence-electron chi connectivity index (χ4n) is 3.86. The lowest BCUT2D eigenvalue weighted by molar-refractivity contribution is -0.130. The van der Waals surface area contributed by atoms with E-state index in [1.54, 1.807) is 0 Å². The van der Waals surface area contributed by atoms with Crippen LogP contribution in [0.25, 0.3) is 0 Å². The Morgan fingerprint density at radius 2 is 1.89 bits per heavy atom. The molecule has 6 heteroatoms. The van der Waals surface area contributed by atoms with Gasteiger partial charge in [-0.25, -0.2) is 0 Å². The minimum atomic E-state index is 0.327. The summed E-state index contributed by atoms with van der Waals surface area (Å²) in [6, 6.07) is 0. The van der Waals surface area contributed by atoms with Gasteiger partial charge in [0.1, 0.15) is 0 Å². The van der Waals surface area contributed by atoms with Gasteiger partial charge in [0.15, 0.2) is 5.96 Å². The van der Waals surface area contributed by atoms with Crippen LogP contribution in [0.4, 0.5) is 0 Å². The molecule has 156 valence electrons. The fraction of sp³-hybridized carbons (Fsp3) is 0.905. The van der Waals surface area contributed by atoms with Crippen molar-refractivity contribution in [3.63, 3.8) is 0 Å². The van der Waals surface area contributed by atoms with E-state index in [1.807, 2.05) is 4.90 Å². The van der Waals surface area contributed by atoms with Gasteiger partial charge >= 0.3 is 0 Å². The summed E-state index contributed by atoms with van der Waals surface area (Å²) in [5.41, 5.74) is 0. The van der Waals surface area contributed by atoms with Crippen LogP contribution >= 0.6 is 0 Å². The molecule has 2 fully saturated rings. The van der Waals surface area contributed by atoms with Crippen molar-refractivity contribution in [3.8, 4) is 0 Å². The van der Waals surface area contributed by atoms with Crippen LogP contribution in [0, 0.1) is 5.92 Å². The van der Waals surface area contributed by atoms with E-state index in [4.69, 9.17) is 0 Å². The van der Waals surface area contributed by atoms with E-state index >= 15 is 0 Å². The summed E-state index contributed by atoms with van der Waals surface area (Å²) in [6.07, 6.45) is 8.89. The second-order valence-electron chi connectivity index (χ2n) is 8.11. The predicted octanol–water partition coefficient (Wildman–Crippen LogP) is 2.46. The number of amides is 1. The van der Waals surface area contributed by atoms with E-state index in [9.17, 15) is 4.79 Å². The molecule has 0 spiro atoms. The molecule has 2 aliphatic rings. The molecule has 2 N–H and O–H groups in total. The van der Waals surface area contributed by atoms with Crippen LogP contribution in [-0.2, 0) is 4.79 Å². The van der Waals surface area contributed by atoms with Gasteiger partial charge in [-0.2, -0.15) is 0 Å². The number of hydrogen-bond acceptors (Lipinski definition) is 3. The van der Waals surface area contributed by atoms with Crippen molar-refractivity contribution in [2.45, 2.75) is 65.2 Å². The maximum absolute atomic E-state index is 12.0. The highest BCUT2D eigenvalue weighted by Crippen LogP contribution is 2.15. The number of aliphatic imine (C=N–C) groups is 1. The van der Waals surface area contributed by atoms with Gasteiger partial charge in [-0.3, -0.25) is 9.79 Å². The average molecular weight is 380 g/mol. The third-order valence-corrected chi connectivity index (χ3v) is 5.69. The Labute approximate surface area is 166 Å². The quantitative estimate of drug-likeness (QED) is 0.367. The maximum Gasteiger partial charge on any atom is 0.222 e. The lowest BCUT2D eigenvalue weighted by Gasteiger charge is -2.30. The topological polar surface area (TPSA) is 60.0 Å². The van der Waals surface area contributed by atoms with Gasteiger partial charge in [0, 0.05) is 39.1 Å². The van der Waals surface area contributed by atoms with Crippen molar-refractivity contribution in [2.75, 3.05) is 52.4 Å². The highest BCUT2D eigenvalue weighted by Gasteiger charge is 2.16. The zero-order valence-corrected chi connectivity index (χ0v) is 17.6. The molecule has 2 aliphatic heterocycles. The van der Waals surface area contributed by atoms with Crippen molar-refractivity contribution < 1.29 is 4.79 Å². The molecule has 2 rings (SSSR count). The van der Waals surface area contributed by atoms with Gasteiger partial charge in [-0.1, -0.05) is 13.3 Å². The number of nitrogens with zero attached hydrogens (tertiary/aromatic N) is 3. The van der Waals surface area contributed by atoms with Crippen LogP contribution in [0.1, 0.15) is 65.2 Å². The zero-order chi connectivity index (χ0) is 19.3. The lowest BCUT2D eigenvalue weighted by Crippen LogP contribution is -2.40. The van der Waals surface area contributed by atoms with E-state index in [0.717, 1.165) is 76.7 Å². The maximum atomic E-state index is 12.0. The molecule has 0 atom stereocenters. The van der Waals surface area contributed by atoms with Crippen LogP contribution in [-0.4, -0.2) is 74.0 Å². The Hall–Kier alpha value is -1.30. The number of nitrogens with one attached hydrogen (secondary N) is 2. The van der Waals surface area contributed by atoms with E-state index in [-0.39, 0.29) is 0 Å². The molecule has 0 aromatic carbocycles. The molecular formula is C21H41N5O. The van der Waals surface area contributed by atoms with Crippen molar-refractivity contribution in [2.24, 2.45) is 10.9 Å². The molecule has 0 bridgehead atoms. The number of hydrogen-bond donors (Lipinski definition) is 2. The van der Waals surface area contributed by atoms with Crippen LogP contribution in [0.5, 0.6) is 0 Å². The molecular weight excluding hydrogens is 338 g/mol. The first-order chi connectivity index (χ1) is 13.2. The third-order valence-electron chi connectivity index (χ3n) is 5.69. The molecule has 2 heterocycles. The molecule has 6 nitrogen and oxygen atoms in total. The first-order valence-electron chi connectivity index (χ1n) is 11.2. The summed E-state index contributed by atoms with van der Waals surface area (Å²) in [4.78, 5) is 21.3. The van der Waals surface area contributed by atoms with Crippen LogP contribution in [0.15, 0.2) is 4.99 Å². The van der Waals surface area contributed by atoms with E-state index in [1.165, 1.54) is 38.9 Å². The average Bonchev–Trinajstić information content (AvgIpc) is 2.88. The summed E-state index contributed by atoms with van der Waals surface area (Å²) in [5.74, 6) is 2.14. The summed E-state index contributed by atoms with van der Waals surface area (Å²) >= 11 is 0. The molecule has 2 saturated heterocycles. The number of carbonyl (C=O) groups is 1. The SMILES string of the molecule is CCNC(=NCCCN1CCCCCC1=O)NCCCN1CCC(C)CC1. The number of carbonyl (C=O) groups excluding carboxylic acids is 1. The second-order valence-corrected chi connectivity index (χ2v) is 8.11. The van der Waals surface area contributed by atoms with Gasteiger partial charge in [0.25, 0.3) is 0 Å². The van der Waals surface area contributed by atoms with Gasteiger partial charge in [-0.05, 0) is 71.0 Å². The summed E-state index contributed by atoms with van der Waals surface area (Å²) in [7, 11) is 0. The molecule has 0 aromatic rings. The van der Waals surface area contributed by atoms with Crippen molar-refractivity contribution in [1.82, 2.24) is 20.4 Å². The first kappa shape index (κ1) is 22.0. The van der Waals surface area contributed by atoms with Crippen molar-refractivity contribution in [1.29, 1.82) is 0 Å². The van der Waals surface area contributed by atoms with E-state index in [0.29, 0.717) is 5.91 Å². The molecule has 1 amide bonds. The van der Waals surface area contributed by atoms with E-state index < -0.39 is 0 Å². The smallest absolute Gasteiger partial charge is 0.222 e. The van der Waals surface area contributed by atoms with Gasteiger partial charge in [0.2, 0.25) is 5.91 Å². The Balaban J connectivity index is 1.60. The Morgan fingerprint density at radius 3 is 2.67 bits per heavy atom.